The smallest absolute Gasteiger partial charge is 0.328 e. The van der Waals surface area contributed by atoms with Crippen molar-refractivity contribution in [2.75, 3.05) is 0 Å². The number of hydrogen-bond donors (Lipinski definition) is 3. The molecule has 0 saturated heterocycles. The number of unbranched alkanes of at least 4 members (excludes halogenated alkanes) is 5. The highest BCUT2D eigenvalue weighted by atomic mass is 16.4. The van der Waals surface area contributed by atoms with Gasteiger partial charge in [0, 0.05) is 6.42 Å². The number of carbonyl (C=O) groups excluding carboxylic acids is 1. The van der Waals surface area contributed by atoms with E-state index >= 15 is 0 Å². The van der Waals surface area contributed by atoms with E-state index < -0.39 is 18.1 Å². The van der Waals surface area contributed by atoms with E-state index in [1.54, 1.807) is 0 Å². The van der Waals surface area contributed by atoms with Gasteiger partial charge in [-0.25, -0.2) is 4.79 Å². The molecule has 5 heteroatoms. The molecule has 0 aromatic rings. The third-order valence-electron chi connectivity index (χ3n) is 4.11. The molecule has 0 aliphatic rings. The van der Waals surface area contributed by atoms with Gasteiger partial charge >= 0.3 is 5.97 Å². The summed E-state index contributed by atoms with van der Waals surface area (Å²) >= 11 is 0. The second-order valence-electron chi connectivity index (χ2n) is 6.75. The minimum Gasteiger partial charge on any atom is -0.480 e. The molecule has 1 amide bonds. The van der Waals surface area contributed by atoms with Crippen LogP contribution in [0.25, 0.3) is 0 Å². The van der Waals surface area contributed by atoms with Crippen LogP contribution in [-0.4, -0.2) is 34.2 Å². The lowest BCUT2D eigenvalue weighted by atomic mass is 10.1. The summed E-state index contributed by atoms with van der Waals surface area (Å²) in [5.74, 6) is -1.56. The molecule has 3 N–H and O–H groups in total. The molecular weight excluding hydrogens is 342 g/mol. The summed E-state index contributed by atoms with van der Waals surface area (Å²) in [6, 6.07) is -1.24. The van der Waals surface area contributed by atoms with Gasteiger partial charge in [-0.2, -0.15) is 0 Å². The Morgan fingerprint density at radius 2 is 1.41 bits per heavy atom. The van der Waals surface area contributed by atoms with E-state index in [4.69, 9.17) is 5.11 Å². The molecule has 0 bridgehead atoms. The largest absolute Gasteiger partial charge is 0.480 e. The number of aliphatic carboxylic acids is 1. The van der Waals surface area contributed by atoms with Crippen LogP contribution in [0.2, 0.25) is 0 Å². The van der Waals surface area contributed by atoms with Gasteiger partial charge < -0.3 is 15.5 Å². The first-order valence-electron chi connectivity index (χ1n) is 10.1. The van der Waals surface area contributed by atoms with Crippen LogP contribution in [0.1, 0.15) is 78.1 Å². The van der Waals surface area contributed by atoms with Crippen LogP contribution < -0.4 is 5.32 Å². The van der Waals surface area contributed by atoms with Crippen molar-refractivity contribution >= 4 is 11.9 Å². The fourth-order valence-electron chi connectivity index (χ4n) is 2.47. The van der Waals surface area contributed by atoms with Gasteiger partial charge in [0.25, 0.3) is 0 Å². The molecule has 0 unspecified atom stereocenters. The first-order valence-corrected chi connectivity index (χ1v) is 10.1. The maximum atomic E-state index is 11.7. The van der Waals surface area contributed by atoms with Gasteiger partial charge in [0.2, 0.25) is 5.91 Å². The van der Waals surface area contributed by atoms with E-state index in [1.165, 1.54) is 32.6 Å². The Bertz CT molecular complexity index is 481. The number of carboxylic acid groups (broad SMARTS) is 1. The van der Waals surface area contributed by atoms with E-state index in [2.05, 4.69) is 48.7 Å². The fourth-order valence-corrected chi connectivity index (χ4v) is 2.47. The molecule has 0 saturated carbocycles. The van der Waals surface area contributed by atoms with E-state index in [0.29, 0.717) is 6.42 Å². The van der Waals surface area contributed by atoms with Crippen LogP contribution in [0.15, 0.2) is 36.5 Å². The minimum absolute atomic E-state index is 0.273. The Morgan fingerprint density at radius 3 is 1.89 bits per heavy atom. The molecule has 2 atom stereocenters. The van der Waals surface area contributed by atoms with Gasteiger partial charge in [0.05, 0.1) is 6.10 Å². The van der Waals surface area contributed by atoms with Crippen molar-refractivity contribution in [2.24, 2.45) is 0 Å². The first-order chi connectivity index (χ1) is 13.0. The molecule has 0 aliphatic heterocycles. The molecule has 0 aliphatic carbocycles. The van der Waals surface area contributed by atoms with E-state index in [0.717, 1.165) is 25.7 Å². The van der Waals surface area contributed by atoms with Gasteiger partial charge in [-0.15, -0.1) is 0 Å². The number of aliphatic hydroxyl groups is 1. The molecule has 154 valence electrons. The van der Waals surface area contributed by atoms with Gasteiger partial charge in [0.15, 0.2) is 6.04 Å². The molecule has 0 rings (SSSR count). The topological polar surface area (TPSA) is 86.6 Å². The lowest BCUT2D eigenvalue weighted by molar-refractivity contribution is -0.144. The molecule has 0 aromatic carbocycles. The predicted molar refractivity (Wildman–Crippen MR) is 111 cm³/mol. The van der Waals surface area contributed by atoms with Gasteiger partial charge in [-0.3, -0.25) is 4.79 Å². The average molecular weight is 380 g/mol. The SMILES string of the molecule is CCCCC/C=C\C/C=C\C/C=C\CCCCC(=O)N[C@H](C(=O)O)[C@@H](C)O. The maximum Gasteiger partial charge on any atom is 0.328 e. The van der Waals surface area contributed by atoms with E-state index in [9.17, 15) is 14.7 Å². The molecule has 0 heterocycles. The minimum atomic E-state index is -1.24. The Kier molecular flexibility index (Phi) is 16.3. The summed E-state index contributed by atoms with van der Waals surface area (Å²) in [5, 5.41) is 20.6. The molecule has 0 fully saturated rings. The van der Waals surface area contributed by atoms with Crippen LogP contribution in [-0.2, 0) is 9.59 Å². The summed E-state index contributed by atoms with van der Waals surface area (Å²) in [4.78, 5) is 22.6. The molecule has 27 heavy (non-hydrogen) atoms. The van der Waals surface area contributed by atoms with Crippen molar-refractivity contribution in [3.8, 4) is 0 Å². The summed E-state index contributed by atoms with van der Waals surface area (Å²) in [7, 11) is 0. The summed E-state index contributed by atoms with van der Waals surface area (Å²) < 4.78 is 0. The third kappa shape index (κ3) is 16.0. The zero-order valence-corrected chi connectivity index (χ0v) is 16.9. The highest BCUT2D eigenvalue weighted by molar-refractivity contribution is 5.83. The highest BCUT2D eigenvalue weighted by Gasteiger charge is 2.24. The van der Waals surface area contributed by atoms with Gasteiger partial charge in [-0.05, 0) is 51.9 Å². The Balaban J connectivity index is 3.65. The standard InChI is InChI=1S/C22H37NO4/c1-3-4-5-6-7-8-9-10-11-12-13-14-15-16-17-18-20(25)23-21(19(2)24)22(26)27/h7-8,10-11,13-14,19,21,24H,3-6,9,12,15-18H2,1-2H3,(H,23,25)(H,26,27)/b8-7-,11-10-,14-13-/t19-,21+/m1/s1. The summed E-state index contributed by atoms with van der Waals surface area (Å²) in [5.41, 5.74) is 0. The molecule has 0 aromatic heterocycles. The van der Waals surface area contributed by atoms with Crippen LogP contribution >= 0.6 is 0 Å². The Hall–Kier alpha value is -1.88. The second-order valence-corrected chi connectivity index (χ2v) is 6.75. The number of allylic oxidation sites excluding steroid dienone is 6. The number of aliphatic hydroxyl groups excluding tert-OH is 1. The molecular formula is C22H37NO4. The summed E-state index contributed by atoms with van der Waals surface area (Å²) in [6.07, 6.45) is 21.6. The van der Waals surface area contributed by atoms with Gasteiger partial charge in [-0.1, -0.05) is 56.2 Å². The van der Waals surface area contributed by atoms with Crippen molar-refractivity contribution < 1.29 is 19.8 Å². The Morgan fingerprint density at radius 1 is 0.889 bits per heavy atom. The zero-order valence-electron chi connectivity index (χ0n) is 16.9. The Labute approximate surface area is 164 Å². The van der Waals surface area contributed by atoms with E-state index in [1.807, 2.05) is 0 Å². The second kappa shape index (κ2) is 17.5. The van der Waals surface area contributed by atoms with E-state index in [-0.39, 0.29) is 12.3 Å². The lowest BCUT2D eigenvalue weighted by Crippen LogP contribution is -2.47. The molecule has 0 spiro atoms. The van der Waals surface area contributed by atoms with Crippen molar-refractivity contribution in [2.45, 2.75) is 90.2 Å². The summed E-state index contributed by atoms with van der Waals surface area (Å²) in [6.45, 7) is 3.56. The third-order valence-corrected chi connectivity index (χ3v) is 4.11. The number of carbonyl (C=O) groups is 2. The normalized spacial score (nSPS) is 14.2. The van der Waals surface area contributed by atoms with Crippen LogP contribution in [0.4, 0.5) is 0 Å². The monoisotopic (exact) mass is 379 g/mol. The number of hydrogen-bond acceptors (Lipinski definition) is 3. The van der Waals surface area contributed by atoms with Crippen molar-refractivity contribution in [1.29, 1.82) is 0 Å². The molecule has 5 nitrogen and oxygen atoms in total. The first kappa shape index (κ1) is 25.1. The number of carboxylic acids is 1. The van der Waals surface area contributed by atoms with Crippen LogP contribution in [0.3, 0.4) is 0 Å². The average Bonchev–Trinajstić information content (AvgIpc) is 2.62. The highest BCUT2D eigenvalue weighted by Crippen LogP contribution is 2.04. The van der Waals surface area contributed by atoms with Crippen LogP contribution in [0, 0.1) is 0 Å². The number of nitrogens with one attached hydrogen (secondary N) is 1. The van der Waals surface area contributed by atoms with Gasteiger partial charge in [0.1, 0.15) is 0 Å². The molecule has 0 radical (unpaired) electrons. The predicted octanol–water partition coefficient (Wildman–Crippen LogP) is 4.53. The zero-order chi connectivity index (χ0) is 20.3. The van der Waals surface area contributed by atoms with Crippen molar-refractivity contribution in [3.63, 3.8) is 0 Å². The quantitative estimate of drug-likeness (QED) is 0.272. The van der Waals surface area contributed by atoms with Crippen molar-refractivity contribution in [3.05, 3.63) is 36.5 Å². The van der Waals surface area contributed by atoms with Crippen LogP contribution in [0.5, 0.6) is 0 Å². The maximum absolute atomic E-state index is 11.7. The number of rotatable bonds is 16. The fraction of sp³-hybridized carbons (Fsp3) is 0.636. The lowest BCUT2D eigenvalue weighted by Gasteiger charge is -2.16. The number of amides is 1. The van der Waals surface area contributed by atoms with Crippen molar-refractivity contribution in [1.82, 2.24) is 5.32 Å².